The average Bonchev–Trinajstić information content (AvgIpc) is 2.58. The molecule has 0 bridgehead atoms. The molecule has 1 unspecified atom stereocenters. The summed E-state index contributed by atoms with van der Waals surface area (Å²) in [5, 5.41) is 0.676. The first-order chi connectivity index (χ1) is 6.93. The molecule has 2 aliphatic rings. The van der Waals surface area contributed by atoms with E-state index in [0.717, 1.165) is 0 Å². The van der Waals surface area contributed by atoms with Crippen molar-refractivity contribution in [3.05, 3.63) is 36.0 Å². The summed E-state index contributed by atoms with van der Waals surface area (Å²) in [6.07, 6.45) is 7.16. The molecule has 1 fully saturated rings. The zero-order valence-electron chi connectivity index (χ0n) is 8.02. The van der Waals surface area contributed by atoms with Crippen molar-refractivity contribution in [1.82, 2.24) is 4.90 Å². The Morgan fingerprint density at radius 2 is 2.21 bits per heavy atom. The van der Waals surface area contributed by atoms with Gasteiger partial charge in [-0.25, -0.2) is 0 Å². The van der Waals surface area contributed by atoms with E-state index >= 15 is 0 Å². The lowest BCUT2D eigenvalue weighted by Crippen LogP contribution is -2.19. The van der Waals surface area contributed by atoms with Gasteiger partial charge < -0.3 is 4.90 Å². The maximum atomic E-state index is 2.46. The maximum absolute atomic E-state index is 2.46. The van der Waals surface area contributed by atoms with Gasteiger partial charge in [-0.1, -0.05) is 18.2 Å². The summed E-state index contributed by atoms with van der Waals surface area (Å²) < 4.78 is 0. The number of hydrogen-bond donors (Lipinski definition) is 0. The number of benzene rings is 1. The topological polar surface area (TPSA) is 3.24 Å². The molecule has 0 radical (unpaired) electrons. The third-order valence-corrected chi connectivity index (χ3v) is 4.27. The lowest BCUT2D eigenvalue weighted by molar-refractivity contribution is 0.443. The number of thioether (sulfide) groups is 1. The Morgan fingerprint density at radius 1 is 1.29 bits per heavy atom. The Balaban J connectivity index is 2.01. The van der Waals surface area contributed by atoms with Crippen molar-refractivity contribution in [3.8, 4) is 0 Å². The Kier molecular flexibility index (Phi) is 2.02. The van der Waals surface area contributed by atoms with Gasteiger partial charge in [0.15, 0.2) is 0 Å². The van der Waals surface area contributed by atoms with Gasteiger partial charge in [-0.3, -0.25) is 0 Å². The van der Waals surface area contributed by atoms with Crippen LogP contribution in [-0.2, 0) is 0 Å². The number of hydrogen-bond acceptors (Lipinski definition) is 2. The Hall–Kier alpha value is -0.890. The van der Waals surface area contributed by atoms with E-state index in [4.69, 9.17) is 0 Å². The predicted molar refractivity (Wildman–Crippen MR) is 61.1 cm³/mol. The van der Waals surface area contributed by atoms with E-state index in [-0.39, 0.29) is 0 Å². The molecule has 0 spiro atoms. The predicted octanol–water partition coefficient (Wildman–Crippen LogP) is 3.18. The van der Waals surface area contributed by atoms with Crippen molar-refractivity contribution in [2.24, 2.45) is 0 Å². The van der Waals surface area contributed by atoms with Crippen molar-refractivity contribution in [2.75, 3.05) is 6.54 Å². The molecule has 1 aromatic rings. The first-order valence-corrected chi connectivity index (χ1v) is 6.01. The van der Waals surface area contributed by atoms with E-state index in [2.05, 4.69) is 41.4 Å². The fourth-order valence-corrected chi connectivity index (χ4v) is 3.42. The van der Waals surface area contributed by atoms with Crippen LogP contribution in [0, 0.1) is 0 Å². The van der Waals surface area contributed by atoms with Crippen molar-refractivity contribution in [1.29, 1.82) is 0 Å². The summed E-state index contributed by atoms with van der Waals surface area (Å²) in [5.41, 5.74) is 1.37. The minimum absolute atomic E-state index is 0.676. The number of nitrogens with zero attached hydrogens (tertiary/aromatic N) is 1. The van der Waals surface area contributed by atoms with Gasteiger partial charge in [0.2, 0.25) is 0 Å². The summed E-state index contributed by atoms with van der Waals surface area (Å²) >= 11 is 2.01. The zero-order chi connectivity index (χ0) is 9.38. The monoisotopic (exact) mass is 203 g/mol. The highest BCUT2D eigenvalue weighted by Gasteiger charge is 2.24. The molecule has 0 N–H and O–H groups in total. The molecule has 2 aliphatic heterocycles. The SMILES string of the molecule is C1=CN2CCCC2Sc2ccccc21. The van der Waals surface area contributed by atoms with E-state index in [1.54, 1.807) is 0 Å². The van der Waals surface area contributed by atoms with Gasteiger partial charge in [-0.2, -0.15) is 0 Å². The summed E-state index contributed by atoms with van der Waals surface area (Å²) in [6, 6.07) is 8.66. The molecule has 0 aromatic heterocycles. The molecule has 3 rings (SSSR count). The second-order valence-corrected chi connectivity index (χ2v) is 5.03. The Bertz CT molecular complexity index is 372. The molecule has 72 valence electrons. The molecule has 0 aliphatic carbocycles. The minimum atomic E-state index is 0.676. The largest absolute Gasteiger partial charge is 0.365 e. The van der Waals surface area contributed by atoms with E-state index in [1.807, 2.05) is 11.8 Å². The highest BCUT2D eigenvalue weighted by Crippen LogP contribution is 2.37. The first-order valence-electron chi connectivity index (χ1n) is 5.13. The third kappa shape index (κ3) is 1.34. The van der Waals surface area contributed by atoms with Crippen LogP contribution in [0.5, 0.6) is 0 Å². The van der Waals surface area contributed by atoms with Gasteiger partial charge in [-0.05, 0) is 30.5 Å². The molecule has 1 atom stereocenters. The summed E-state index contributed by atoms with van der Waals surface area (Å²) in [7, 11) is 0. The molecule has 0 amide bonds. The second kappa shape index (κ2) is 3.35. The normalized spacial score (nSPS) is 24.3. The van der Waals surface area contributed by atoms with E-state index in [0.29, 0.717) is 5.37 Å². The van der Waals surface area contributed by atoms with Crippen LogP contribution in [0.1, 0.15) is 18.4 Å². The van der Waals surface area contributed by atoms with E-state index in [1.165, 1.54) is 29.8 Å². The highest BCUT2D eigenvalue weighted by atomic mass is 32.2. The van der Waals surface area contributed by atoms with Crippen LogP contribution in [0.15, 0.2) is 35.4 Å². The lowest BCUT2D eigenvalue weighted by atomic mass is 10.2. The van der Waals surface area contributed by atoms with Gasteiger partial charge in [0, 0.05) is 17.6 Å². The van der Waals surface area contributed by atoms with Gasteiger partial charge in [-0.15, -0.1) is 11.8 Å². The Labute approximate surface area is 88.8 Å². The van der Waals surface area contributed by atoms with Crippen molar-refractivity contribution >= 4 is 17.8 Å². The molecule has 1 aromatic carbocycles. The van der Waals surface area contributed by atoms with Gasteiger partial charge in [0.25, 0.3) is 0 Å². The molecule has 2 heterocycles. The van der Waals surface area contributed by atoms with Crippen LogP contribution in [0.2, 0.25) is 0 Å². The third-order valence-electron chi connectivity index (χ3n) is 2.86. The first kappa shape index (κ1) is 8.42. The smallest absolute Gasteiger partial charge is 0.0792 e. The molecular weight excluding hydrogens is 190 g/mol. The molecule has 2 heteroatoms. The maximum Gasteiger partial charge on any atom is 0.0792 e. The number of fused-ring (bicyclic) bond motifs is 2. The van der Waals surface area contributed by atoms with Crippen LogP contribution in [0.3, 0.4) is 0 Å². The molecule has 1 saturated heterocycles. The fraction of sp³-hybridized carbons (Fsp3) is 0.333. The van der Waals surface area contributed by atoms with Gasteiger partial charge in [0.1, 0.15) is 0 Å². The Morgan fingerprint density at radius 3 is 3.21 bits per heavy atom. The number of rotatable bonds is 0. The highest BCUT2D eigenvalue weighted by molar-refractivity contribution is 8.00. The van der Waals surface area contributed by atoms with E-state index < -0.39 is 0 Å². The fourth-order valence-electron chi connectivity index (χ4n) is 2.10. The molecule has 1 nitrogen and oxygen atoms in total. The van der Waals surface area contributed by atoms with Gasteiger partial charge in [0.05, 0.1) is 5.37 Å². The molecular formula is C12H13NS. The summed E-state index contributed by atoms with van der Waals surface area (Å²) in [5.74, 6) is 0. The van der Waals surface area contributed by atoms with Crippen molar-refractivity contribution in [3.63, 3.8) is 0 Å². The van der Waals surface area contributed by atoms with Crippen LogP contribution < -0.4 is 0 Å². The second-order valence-electron chi connectivity index (χ2n) is 3.81. The quantitative estimate of drug-likeness (QED) is 0.637. The van der Waals surface area contributed by atoms with Crippen LogP contribution in [0.4, 0.5) is 0 Å². The molecule has 0 saturated carbocycles. The van der Waals surface area contributed by atoms with E-state index in [9.17, 15) is 0 Å². The zero-order valence-corrected chi connectivity index (χ0v) is 8.83. The lowest BCUT2D eigenvalue weighted by Gasteiger charge is -2.19. The van der Waals surface area contributed by atoms with Gasteiger partial charge >= 0.3 is 0 Å². The minimum Gasteiger partial charge on any atom is -0.365 e. The standard InChI is InChI=1S/C12H13NS/c1-2-5-11-10(4-1)7-9-13-8-3-6-12(13)14-11/h1-2,4-5,7,9,12H,3,6,8H2. The van der Waals surface area contributed by atoms with Crippen LogP contribution >= 0.6 is 11.8 Å². The van der Waals surface area contributed by atoms with Crippen LogP contribution in [0.25, 0.3) is 6.08 Å². The molecule has 14 heavy (non-hydrogen) atoms. The summed E-state index contributed by atoms with van der Waals surface area (Å²) in [6.45, 7) is 1.22. The van der Waals surface area contributed by atoms with Crippen LogP contribution in [-0.4, -0.2) is 16.8 Å². The van der Waals surface area contributed by atoms with Crippen molar-refractivity contribution < 1.29 is 0 Å². The summed E-state index contributed by atoms with van der Waals surface area (Å²) in [4.78, 5) is 3.89. The van der Waals surface area contributed by atoms with Crippen molar-refractivity contribution in [2.45, 2.75) is 23.1 Å². The average molecular weight is 203 g/mol.